The van der Waals surface area contributed by atoms with Crippen LogP contribution in [0.3, 0.4) is 0 Å². The van der Waals surface area contributed by atoms with E-state index in [9.17, 15) is 8.78 Å². The maximum Gasteiger partial charge on any atom is 0.261 e. The summed E-state index contributed by atoms with van der Waals surface area (Å²) in [5, 5.41) is 0. The standard InChI is InChI=1S/C10H16F2N2/c11-10(12)5-6-14(7-10)9-3-1-8(13)2-4-9/h1,9H,2-7,13H2. The van der Waals surface area contributed by atoms with E-state index in [1.54, 1.807) is 0 Å². The highest BCUT2D eigenvalue weighted by molar-refractivity contribution is 5.04. The van der Waals surface area contributed by atoms with Crippen LogP contribution < -0.4 is 5.73 Å². The molecule has 4 heteroatoms. The Morgan fingerprint density at radius 2 is 2.29 bits per heavy atom. The molecule has 0 spiro atoms. The SMILES string of the molecule is NC1=CCC(N2CCC(F)(F)C2)CC1. The summed E-state index contributed by atoms with van der Waals surface area (Å²) in [6.45, 7) is 0.469. The molecule has 0 radical (unpaired) electrons. The van der Waals surface area contributed by atoms with Crippen LogP contribution in [0.1, 0.15) is 25.7 Å². The second-order valence-corrected chi connectivity index (χ2v) is 4.28. The Hall–Kier alpha value is -0.640. The molecule has 2 N–H and O–H groups in total. The third-order valence-corrected chi connectivity index (χ3v) is 3.13. The minimum Gasteiger partial charge on any atom is -0.402 e. The number of nitrogens with zero attached hydrogens (tertiary/aromatic N) is 1. The zero-order valence-electron chi connectivity index (χ0n) is 8.18. The van der Waals surface area contributed by atoms with Gasteiger partial charge in [0.05, 0.1) is 6.54 Å². The van der Waals surface area contributed by atoms with Crippen molar-refractivity contribution < 1.29 is 8.78 Å². The second-order valence-electron chi connectivity index (χ2n) is 4.28. The van der Waals surface area contributed by atoms with E-state index in [-0.39, 0.29) is 19.0 Å². The van der Waals surface area contributed by atoms with E-state index >= 15 is 0 Å². The van der Waals surface area contributed by atoms with Gasteiger partial charge < -0.3 is 5.73 Å². The maximum absolute atomic E-state index is 12.9. The summed E-state index contributed by atoms with van der Waals surface area (Å²) in [5.74, 6) is -2.47. The van der Waals surface area contributed by atoms with Gasteiger partial charge in [-0.1, -0.05) is 6.08 Å². The number of nitrogens with two attached hydrogens (primary N) is 1. The highest BCUT2D eigenvalue weighted by Crippen LogP contribution is 2.31. The molecule has 0 amide bonds. The molecule has 1 aliphatic heterocycles. The van der Waals surface area contributed by atoms with Gasteiger partial charge in [0.25, 0.3) is 5.92 Å². The zero-order valence-corrected chi connectivity index (χ0v) is 8.18. The number of alkyl halides is 2. The number of hydrogen-bond donors (Lipinski definition) is 1. The van der Waals surface area contributed by atoms with Gasteiger partial charge in [-0.2, -0.15) is 0 Å². The van der Waals surface area contributed by atoms with Crippen molar-refractivity contribution in [1.82, 2.24) is 4.90 Å². The Morgan fingerprint density at radius 1 is 1.50 bits per heavy atom. The Labute approximate surface area is 82.8 Å². The van der Waals surface area contributed by atoms with E-state index in [2.05, 4.69) is 0 Å². The van der Waals surface area contributed by atoms with Crippen LogP contribution in [0, 0.1) is 0 Å². The van der Waals surface area contributed by atoms with Crippen LogP contribution in [-0.2, 0) is 0 Å². The Kier molecular flexibility index (Phi) is 2.47. The predicted octanol–water partition coefficient (Wildman–Crippen LogP) is 1.72. The quantitative estimate of drug-likeness (QED) is 0.701. The van der Waals surface area contributed by atoms with Crippen LogP contribution >= 0.6 is 0 Å². The minimum absolute atomic E-state index is 0.0166. The Bertz CT molecular complexity index is 251. The normalized spacial score (nSPS) is 33.0. The van der Waals surface area contributed by atoms with E-state index in [4.69, 9.17) is 5.73 Å². The maximum atomic E-state index is 12.9. The average molecular weight is 202 g/mol. The van der Waals surface area contributed by atoms with Crippen molar-refractivity contribution in [1.29, 1.82) is 0 Å². The Morgan fingerprint density at radius 3 is 2.79 bits per heavy atom. The van der Waals surface area contributed by atoms with E-state index < -0.39 is 5.92 Å². The fourth-order valence-electron chi connectivity index (χ4n) is 2.25. The smallest absolute Gasteiger partial charge is 0.261 e. The third-order valence-electron chi connectivity index (χ3n) is 3.13. The molecular formula is C10H16F2N2. The van der Waals surface area contributed by atoms with Gasteiger partial charge in [-0.25, -0.2) is 8.78 Å². The number of halogens is 2. The molecule has 0 saturated carbocycles. The topological polar surface area (TPSA) is 29.3 Å². The lowest BCUT2D eigenvalue weighted by Gasteiger charge is -2.29. The van der Waals surface area contributed by atoms with Crippen LogP contribution in [0.25, 0.3) is 0 Å². The Balaban J connectivity index is 1.92. The first kappa shape index (κ1) is 9.90. The van der Waals surface area contributed by atoms with Crippen molar-refractivity contribution >= 4 is 0 Å². The molecule has 1 heterocycles. The molecule has 0 aromatic carbocycles. The van der Waals surface area contributed by atoms with Gasteiger partial charge in [-0.15, -0.1) is 0 Å². The van der Waals surface area contributed by atoms with Crippen LogP contribution in [-0.4, -0.2) is 30.0 Å². The predicted molar refractivity (Wildman–Crippen MR) is 51.0 cm³/mol. The van der Waals surface area contributed by atoms with Crippen molar-refractivity contribution in [3.63, 3.8) is 0 Å². The number of likely N-dealkylation sites (tertiary alicyclic amines) is 1. The highest BCUT2D eigenvalue weighted by Gasteiger charge is 2.40. The second kappa shape index (κ2) is 3.50. The fraction of sp³-hybridized carbons (Fsp3) is 0.800. The number of rotatable bonds is 1. The van der Waals surface area contributed by atoms with Crippen molar-refractivity contribution in [2.24, 2.45) is 5.73 Å². The number of allylic oxidation sites excluding steroid dienone is 1. The lowest BCUT2D eigenvalue weighted by molar-refractivity contribution is 0.00705. The van der Waals surface area contributed by atoms with Gasteiger partial charge in [0.1, 0.15) is 0 Å². The lowest BCUT2D eigenvalue weighted by Crippen LogP contribution is -2.36. The first-order valence-electron chi connectivity index (χ1n) is 5.13. The molecule has 1 saturated heterocycles. The molecule has 14 heavy (non-hydrogen) atoms. The van der Waals surface area contributed by atoms with Gasteiger partial charge in [-0.3, -0.25) is 4.90 Å². The summed E-state index contributed by atoms with van der Waals surface area (Å²) in [4.78, 5) is 1.91. The van der Waals surface area contributed by atoms with Gasteiger partial charge >= 0.3 is 0 Å². The van der Waals surface area contributed by atoms with Gasteiger partial charge in [-0.05, 0) is 19.3 Å². The third kappa shape index (κ3) is 2.05. The van der Waals surface area contributed by atoms with Crippen molar-refractivity contribution in [3.8, 4) is 0 Å². The molecule has 1 fully saturated rings. The van der Waals surface area contributed by atoms with Crippen molar-refractivity contribution in [2.75, 3.05) is 13.1 Å². The zero-order chi connectivity index (χ0) is 10.2. The number of hydrogen-bond acceptors (Lipinski definition) is 2. The van der Waals surface area contributed by atoms with Crippen LogP contribution in [0.15, 0.2) is 11.8 Å². The van der Waals surface area contributed by atoms with Crippen LogP contribution in [0.5, 0.6) is 0 Å². The summed E-state index contributed by atoms with van der Waals surface area (Å²) in [6, 6.07) is 0.288. The lowest BCUT2D eigenvalue weighted by atomic mass is 9.98. The van der Waals surface area contributed by atoms with Crippen LogP contribution in [0.4, 0.5) is 8.78 Å². The highest BCUT2D eigenvalue weighted by atomic mass is 19.3. The van der Waals surface area contributed by atoms with Crippen LogP contribution in [0.2, 0.25) is 0 Å². The van der Waals surface area contributed by atoms with Gasteiger partial charge in [0.15, 0.2) is 0 Å². The average Bonchev–Trinajstić information content (AvgIpc) is 2.47. The first-order valence-corrected chi connectivity index (χ1v) is 5.13. The van der Waals surface area contributed by atoms with Crippen molar-refractivity contribution in [3.05, 3.63) is 11.8 Å². The molecule has 2 rings (SSSR count). The monoisotopic (exact) mass is 202 g/mol. The molecule has 0 aromatic rings. The molecule has 1 unspecified atom stereocenters. The summed E-state index contributed by atoms with van der Waals surface area (Å²) in [6.07, 6.45) is 4.61. The molecule has 1 atom stereocenters. The van der Waals surface area contributed by atoms with E-state index in [1.807, 2.05) is 11.0 Å². The molecule has 0 bridgehead atoms. The van der Waals surface area contributed by atoms with Crippen molar-refractivity contribution in [2.45, 2.75) is 37.6 Å². The molecule has 0 aromatic heterocycles. The van der Waals surface area contributed by atoms with Gasteiger partial charge in [0, 0.05) is 24.7 Å². The molecule has 2 nitrogen and oxygen atoms in total. The summed E-state index contributed by atoms with van der Waals surface area (Å²) in [5.41, 5.74) is 6.55. The summed E-state index contributed by atoms with van der Waals surface area (Å²) in [7, 11) is 0. The summed E-state index contributed by atoms with van der Waals surface area (Å²) < 4.78 is 25.9. The molecule has 80 valence electrons. The molecule has 1 aliphatic carbocycles. The summed E-state index contributed by atoms with van der Waals surface area (Å²) >= 11 is 0. The molecule has 2 aliphatic rings. The van der Waals surface area contributed by atoms with E-state index in [0.717, 1.165) is 25.0 Å². The minimum atomic E-state index is -2.47. The first-order chi connectivity index (χ1) is 6.57. The largest absolute Gasteiger partial charge is 0.402 e. The van der Waals surface area contributed by atoms with E-state index in [0.29, 0.717) is 6.54 Å². The fourth-order valence-corrected chi connectivity index (χ4v) is 2.25. The van der Waals surface area contributed by atoms with E-state index in [1.165, 1.54) is 0 Å². The molecular weight excluding hydrogens is 186 g/mol. The van der Waals surface area contributed by atoms with Gasteiger partial charge in [0.2, 0.25) is 0 Å².